The summed E-state index contributed by atoms with van der Waals surface area (Å²) in [5, 5.41) is 4.36. The Balaban J connectivity index is 2.03. The number of hydrogen-bond donors (Lipinski definition) is 1. The Labute approximate surface area is 132 Å². The minimum absolute atomic E-state index is 0.240. The van der Waals surface area contributed by atoms with Crippen LogP contribution in [0.5, 0.6) is 5.75 Å². The summed E-state index contributed by atoms with van der Waals surface area (Å²) >= 11 is 5.62. The normalized spacial score (nSPS) is 30.5. The Bertz CT molecular complexity index is 574. The fourth-order valence-electron chi connectivity index (χ4n) is 3.45. The van der Waals surface area contributed by atoms with E-state index in [1.165, 1.54) is 11.1 Å². The van der Waals surface area contributed by atoms with Crippen molar-refractivity contribution in [3.63, 3.8) is 0 Å². The molecular formula is C17H24N2OS. The van der Waals surface area contributed by atoms with Crippen LogP contribution >= 0.6 is 12.2 Å². The maximum atomic E-state index is 6.44. The molecule has 2 aliphatic rings. The molecule has 1 saturated heterocycles. The third-order valence-electron chi connectivity index (χ3n) is 4.96. The van der Waals surface area contributed by atoms with Crippen molar-refractivity contribution in [2.75, 3.05) is 6.54 Å². The number of ether oxygens (including phenoxy) is 1. The average molecular weight is 304 g/mol. The Hall–Kier alpha value is -1.29. The Morgan fingerprint density at radius 3 is 2.90 bits per heavy atom. The van der Waals surface area contributed by atoms with Crippen molar-refractivity contribution >= 4 is 17.3 Å². The SMILES string of the molecule is CCCCN1C(=S)NC2c3cc(C)ccc3OC1(C)C2C. The standard InChI is InChI=1S/C17H24N2OS/c1-5-6-9-19-16(21)18-15-12(3)17(19,4)20-14-8-7-11(2)10-13(14)15/h7-8,10,12,15H,5-6,9H2,1-4H3,(H,18,21). The van der Waals surface area contributed by atoms with Crippen molar-refractivity contribution in [3.8, 4) is 5.75 Å². The molecule has 1 aromatic carbocycles. The molecule has 2 aliphatic heterocycles. The third kappa shape index (κ3) is 2.20. The maximum absolute atomic E-state index is 6.44. The molecule has 3 unspecified atom stereocenters. The number of benzene rings is 1. The first-order chi connectivity index (χ1) is 9.97. The zero-order valence-corrected chi connectivity index (χ0v) is 14.1. The van der Waals surface area contributed by atoms with Gasteiger partial charge in [-0.3, -0.25) is 0 Å². The second-order valence-corrected chi connectivity index (χ2v) is 6.81. The van der Waals surface area contributed by atoms with E-state index in [0.29, 0.717) is 5.92 Å². The highest BCUT2D eigenvalue weighted by Crippen LogP contribution is 2.48. The molecule has 0 aliphatic carbocycles. The molecule has 0 spiro atoms. The number of aryl methyl sites for hydroxylation is 1. The van der Waals surface area contributed by atoms with Gasteiger partial charge >= 0.3 is 0 Å². The van der Waals surface area contributed by atoms with Crippen molar-refractivity contribution < 1.29 is 4.74 Å². The van der Waals surface area contributed by atoms with Crippen LogP contribution in [0.1, 0.15) is 50.8 Å². The van der Waals surface area contributed by atoms with Crippen LogP contribution < -0.4 is 10.1 Å². The number of thiocarbonyl (C=S) groups is 1. The lowest BCUT2D eigenvalue weighted by Gasteiger charge is -2.56. The summed E-state index contributed by atoms with van der Waals surface area (Å²) in [7, 11) is 0. The first-order valence-corrected chi connectivity index (χ1v) is 8.26. The number of nitrogens with one attached hydrogen (secondary N) is 1. The van der Waals surface area contributed by atoms with Crippen molar-refractivity contribution in [1.82, 2.24) is 10.2 Å². The van der Waals surface area contributed by atoms with E-state index in [1.54, 1.807) is 0 Å². The molecule has 0 amide bonds. The van der Waals surface area contributed by atoms with E-state index in [0.717, 1.165) is 30.2 Å². The molecular weight excluding hydrogens is 280 g/mol. The molecule has 0 aromatic heterocycles. The van der Waals surface area contributed by atoms with Gasteiger partial charge in [-0.1, -0.05) is 38.0 Å². The molecule has 3 rings (SSSR count). The lowest BCUT2D eigenvalue weighted by Crippen LogP contribution is -2.69. The largest absolute Gasteiger partial charge is 0.467 e. The van der Waals surface area contributed by atoms with Crippen LogP contribution in [0.15, 0.2) is 18.2 Å². The van der Waals surface area contributed by atoms with Crippen molar-refractivity contribution in [3.05, 3.63) is 29.3 Å². The smallest absolute Gasteiger partial charge is 0.186 e. The second kappa shape index (κ2) is 5.16. The summed E-state index contributed by atoms with van der Waals surface area (Å²) in [4.78, 5) is 2.23. The summed E-state index contributed by atoms with van der Waals surface area (Å²) < 4.78 is 6.44. The van der Waals surface area contributed by atoms with Crippen LogP contribution in [0.25, 0.3) is 0 Å². The van der Waals surface area contributed by atoms with Gasteiger partial charge in [0, 0.05) is 18.0 Å². The highest BCUT2D eigenvalue weighted by atomic mass is 32.1. The summed E-state index contributed by atoms with van der Waals surface area (Å²) in [6.45, 7) is 9.69. The summed E-state index contributed by atoms with van der Waals surface area (Å²) in [5.41, 5.74) is 2.14. The minimum Gasteiger partial charge on any atom is -0.467 e. The number of rotatable bonds is 3. The highest BCUT2D eigenvalue weighted by molar-refractivity contribution is 7.80. The molecule has 1 fully saturated rings. The molecule has 2 heterocycles. The van der Waals surface area contributed by atoms with Gasteiger partial charge in [-0.2, -0.15) is 0 Å². The van der Waals surface area contributed by atoms with Crippen LogP contribution in [0.2, 0.25) is 0 Å². The van der Waals surface area contributed by atoms with Gasteiger partial charge in [0.25, 0.3) is 0 Å². The van der Waals surface area contributed by atoms with Crippen molar-refractivity contribution in [2.45, 2.75) is 52.3 Å². The zero-order chi connectivity index (χ0) is 15.2. The van der Waals surface area contributed by atoms with Crippen LogP contribution in [0, 0.1) is 12.8 Å². The maximum Gasteiger partial charge on any atom is 0.186 e. The van der Waals surface area contributed by atoms with E-state index in [4.69, 9.17) is 17.0 Å². The Morgan fingerprint density at radius 1 is 1.43 bits per heavy atom. The zero-order valence-electron chi connectivity index (χ0n) is 13.3. The lowest BCUT2D eigenvalue weighted by atomic mass is 9.80. The monoisotopic (exact) mass is 304 g/mol. The van der Waals surface area contributed by atoms with Gasteiger partial charge < -0.3 is 15.0 Å². The fraction of sp³-hybridized carbons (Fsp3) is 0.588. The quantitative estimate of drug-likeness (QED) is 0.859. The minimum atomic E-state index is -0.357. The van der Waals surface area contributed by atoms with Gasteiger partial charge in [0.05, 0.1) is 6.04 Å². The molecule has 4 heteroatoms. The van der Waals surface area contributed by atoms with E-state index in [2.05, 4.69) is 56.1 Å². The summed E-state index contributed by atoms with van der Waals surface area (Å²) in [6, 6.07) is 6.66. The number of fused-ring (bicyclic) bond motifs is 4. The first kappa shape index (κ1) is 14.6. The Kier molecular flexibility index (Phi) is 3.60. The molecule has 114 valence electrons. The predicted octanol–water partition coefficient (Wildman–Crippen LogP) is 3.77. The van der Waals surface area contributed by atoms with Crippen LogP contribution in [0.3, 0.4) is 0 Å². The van der Waals surface area contributed by atoms with Crippen molar-refractivity contribution in [1.29, 1.82) is 0 Å². The number of hydrogen-bond acceptors (Lipinski definition) is 2. The second-order valence-electron chi connectivity index (χ2n) is 6.42. The average Bonchev–Trinajstić information content (AvgIpc) is 2.44. The highest BCUT2D eigenvalue weighted by Gasteiger charge is 2.52. The van der Waals surface area contributed by atoms with E-state index in [1.807, 2.05) is 0 Å². The molecule has 1 aromatic rings. The molecule has 0 radical (unpaired) electrons. The van der Waals surface area contributed by atoms with Crippen LogP contribution in [0.4, 0.5) is 0 Å². The van der Waals surface area contributed by atoms with Gasteiger partial charge in [0.1, 0.15) is 5.75 Å². The first-order valence-electron chi connectivity index (χ1n) is 7.85. The van der Waals surface area contributed by atoms with Gasteiger partial charge in [0.2, 0.25) is 0 Å². The molecule has 3 atom stereocenters. The molecule has 0 saturated carbocycles. The predicted molar refractivity (Wildman–Crippen MR) is 89.5 cm³/mol. The summed E-state index contributed by atoms with van der Waals surface area (Å²) in [6.07, 6.45) is 2.28. The van der Waals surface area contributed by atoms with Gasteiger partial charge in [-0.25, -0.2) is 0 Å². The molecule has 1 N–H and O–H groups in total. The molecule has 3 nitrogen and oxygen atoms in total. The van der Waals surface area contributed by atoms with E-state index in [9.17, 15) is 0 Å². The van der Waals surface area contributed by atoms with E-state index in [-0.39, 0.29) is 11.8 Å². The van der Waals surface area contributed by atoms with Crippen molar-refractivity contribution in [2.24, 2.45) is 5.92 Å². The van der Waals surface area contributed by atoms with Gasteiger partial charge in [-0.15, -0.1) is 0 Å². The van der Waals surface area contributed by atoms with Gasteiger partial charge in [0.15, 0.2) is 10.8 Å². The Morgan fingerprint density at radius 2 is 2.19 bits per heavy atom. The lowest BCUT2D eigenvalue weighted by molar-refractivity contribution is -0.110. The number of nitrogens with zero attached hydrogens (tertiary/aromatic N) is 1. The van der Waals surface area contributed by atoms with E-state index < -0.39 is 0 Å². The fourth-order valence-corrected chi connectivity index (χ4v) is 3.85. The third-order valence-corrected chi connectivity index (χ3v) is 5.30. The van der Waals surface area contributed by atoms with Crippen LogP contribution in [-0.2, 0) is 0 Å². The topological polar surface area (TPSA) is 24.5 Å². The number of unbranched alkanes of at least 4 members (excludes halogenated alkanes) is 1. The van der Waals surface area contributed by atoms with E-state index >= 15 is 0 Å². The van der Waals surface area contributed by atoms with Crippen LogP contribution in [-0.4, -0.2) is 22.3 Å². The molecule has 2 bridgehead atoms. The molecule has 21 heavy (non-hydrogen) atoms. The summed E-state index contributed by atoms with van der Waals surface area (Å²) in [5.74, 6) is 1.33. The van der Waals surface area contributed by atoms with Gasteiger partial charge in [-0.05, 0) is 38.6 Å².